The number of amides is 2. The monoisotopic (exact) mass is 229 g/mol. The Labute approximate surface area is 90.3 Å². The molecule has 1 heterocycles. The van der Waals surface area contributed by atoms with E-state index in [9.17, 15) is 9.59 Å². The maximum absolute atomic E-state index is 11.0. The fourth-order valence-electron chi connectivity index (χ4n) is 0.973. The third-order valence-electron chi connectivity index (χ3n) is 1.65. The number of hydrogen-bond donors (Lipinski definition) is 2. The minimum atomic E-state index is -0.977. The summed E-state index contributed by atoms with van der Waals surface area (Å²) in [6, 6.07) is -0.689. The van der Waals surface area contributed by atoms with E-state index >= 15 is 0 Å². The topological polar surface area (TPSA) is 96.5 Å². The summed E-state index contributed by atoms with van der Waals surface area (Å²) < 4.78 is 0. The second-order valence-electron chi connectivity index (χ2n) is 2.91. The Hall–Kier alpha value is -1.63. The lowest BCUT2D eigenvalue weighted by Gasteiger charge is -2.15. The first-order valence-corrected chi connectivity index (χ1v) is 5.09. The van der Waals surface area contributed by atoms with Gasteiger partial charge in [0.15, 0.2) is 5.13 Å². The van der Waals surface area contributed by atoms with E-state index in [4.69, 9.17) is 10.8 Å². The van der Waals surface area contributed by atoms with Gasteiger partial charge in [-0.1, -0.05) is 0 Å². The molecule has 0 unspecified atom stereocenters. The zero-order valence-electron chi connectivity index (χ0n) is 8.14. The Kier molecular flexibility index (Phi) is 3.62. The van der Waals surface area contributed by atoms with E-state index in [2.05, 4.69) is 4.98 Å². The molecule has 1 aromatic heterocycles. The summed E-state index contributed by atoms with van der Waals surface area (Å²) in [7, 11) is 0. The van der Waals surface area contributed by atoms with Crippen LogP contribution < -0.4 is 10.6 Å². The number of urea groups is 1. The average Bonchev–Trinajstić information content (AvgIpc) is 2.51. The van der Waals surface area contributed by atoms with Crippen LogP contribution in [0.5, 0.6) is 0 Å². The maximum Gasteiger partial charge on any atom is 0.321 e. The zero-order valence-corrected chi connectivity index (χ0v) is 8.95. The zero-order chi connectivity index (χ0) is 11.4. The van der Waals surface area contributed by atoms with Gasteiger partial charge in [-0.2, -0.15) is 0 Å². The van der Waals surface area contributed by atoms with Gasteiger partial charge in [0.05, 0.1) is 12.1 Å². The molecular formula is C8H11N3O3S. The summed E-state index contributed by atoms with van der Waals surface area (Å²) in [6.45, 7) is 1.83. The van der Waals surface area contributed by atoms with E-state index in [1.807, 2.05) is 0 Å². The van der Waals surface area contributed by atoms with Gasteiger partial charge < -0.3 is 10.8 Å². The number of aromatic nitrogens is 1. The molecule has 82 valence electrons. The van der Waals surface area contributed by atoms with Crippen LogP contribution in [0.25, 0.3) is 0 Å². The van der Waals surface area contributed by atoms with Crippen LogP contribution in [0.4, 0.5) is 9.93 Å². The van der Waals surface area contributed by atoms with Crippen LogP contribution in [-0.4, -0.2) is 28.6 Å². The molecule has 0 aliphatic heterocycles. The van der Waals surface area contributed by atoms with Crippen LogP contribution in [0.1, 0.15) is 12.1 Å². The van der Waals surface area contributed by atoms with Crippen LogP contribution in [0.3, 0.4) is 0 Å². The molecule has 0 spiro atoms. The molecule has 15 heavy (non-hydrogen) atoms. The van der Waals surface area contributed by atoms with Gasteiger partial charge in [0, 0.05) is 11.9 Å². The normalized spacial score (nSPS) is 9.93. The summed E-state index contributed by atoms with van der Waals surface area (Å²) in [5, 5.41) is 10.7. The van der Waals surface area contributed by atoms with Crippen molar-refractivity contribution in [2.75, 3.05) is 11.4 Å². The molecule has 0 atom stereocenters. The lowest BCUT2D eigenvalue weighted by atomic mass is 10.4. The summed E-state index contributed by atoms with van der Waals surface area (Å²) in [5.41, 5.74) is 5.90. The second-order valence-corrected chi connectivity index (χ2v) is 3.74. The summed E-state index contributed by atoms with van der Waals surface area (Å²) in [4.78, 5) is 26.6. The minimum Gasteiger partial charge on any atom is -0.481 e. The molecule has 0 aliphatic rings. The van der Waals surface area contributed by atoms with Crippen molar-refractivity contribution in [2.24, 2.45) is 5.73 Å². The van der Waals surface area contributed by atoms with Gasteiger partial charge in [0.2, 0.25) is 0 Å². The minimum absolute atomic E-state index is 0.0393. The smallest absolute Gasteiger partial charge is 0.321 e. The molecule has 0 radical (unpaired) electrons. The number of anilines is 1. The van der Waals surface area contributed by atoms with Gasteiger partial charge in [-0.3, -0.25) is 9.69 Å². The Morgan fingerprint density at radius 3 is 2.73 bits per heavy atom. The Morgan fingerprint density at radius 1 is 1.67 bits per heavy atom. The molecule has 0 bridgehead atoms. The van der Waals surface area contributed by atoms with Crippen LogP contribution in [0, 0.1) is 6.92 Å². The molecule has 1 rings (SSSR count). The lowest BCUT2D eigenvalue weighted by Crippen LogP contribution is -2.37. The molecule has 0 fully saturated rings. The Morgan fingerprint density at radius 2 is 2.33 bits per heavy atom. The number of rotatable bonds is 4. The fourth-order valence-corrected chi connectivity index (χ4v) is 1.81. The van der Waals surface area contributed by atoms with E-state index in [0.717, 1.165) is 10.6 Å². The first-order chi connectivity index (χ1) is 7.00. The van der Waals surface area contributed by atoms with Crippen molar-refractivity contribution in [1.29, 1.82) is 0 Å². The number of aliphatic carboxylic acids is 1. The van der Waals surface area contributed by atoms with Gasteiger partial charge in [0.1, 0.15) is 0 Å². The van der Waals surface area contributed by atoms with E-state index < -0.39 is 12.0 Å². The van der Waals surface area contributed by atoms with Crippen molar-refractivity contribution in [3.05, 3.63) is 11.1 Å². The molecule has 0 saturated heterocycles. The molecule has 0 aromatic carbocycles. The Balaban J connectivity index is 2.74. The van der Waals surface area contributed by atoms with Gasteiger partial charge in [-0.25, -0.2) is 9.78 Å². The number of carbonyl (C=O) groups is 2. The molecule has 1 aromatic rings. The number of carboxylic acids is 1. The Bertz CT molecular complexity index is 377. The van der Waals surface area contributed by atoms with E-state index in [1.54, 1.807) is 12.3 Å². The predicted molar refractivity (Wildman–Crippen MR) is 56.0 cm³/mol. The third-order valence-corrected chi connectivity index (χ3v) is 2.63. The SMILES string of the molecule is Cc1csc(N(CCC(=O)O)C(N)=O)n1. The number of nitrogens with two attached hydrogens (primary N) is 1. The highest BCUT2D eigenvalue weighted by Crippen LogP contribution is 2.19. The summed E-state index contributed by atoms with van der Waals surface area (Å²) in [6.07, 6.45) is -0.151. The maximum atomic E-state index is 11.0. The number of hydrogen-bond acceptors (Lipinski definition) is 4. The average molecular weight is 229 g/mol. The quantitative estimate of drug-likeness (QED) is 0.798. The van der Waals surface area contributed by atoms with E-state index in [-0.39, 0.29) is 13.0 Å². The lowest BCUT2D eigenvalue weighted by molar-refractivity contribution is -0.136. The number of aryl methyl sites for hydroxylation is 1. The molecule has 0 aliphatic carbocycles. The predicted octanol–water partition coefficient (Wildman–Crippen LogP) is 0.811. The molecular weight excluding hydrogens is 218 g/mol. The van der Waals surface area contributed by atoms with Crippen molar-refractivity contribution in [3.8, 4) is 0 Å². The van der Waals surface area contributed by atoms with Crippen molar-refractivity contribution >= 4 is 28.5 Å². The fraction of sp³-hybridized carbons (Fsp3) is 0.375. The van der Waals surface area contributed by atoms with Crippen molar-refractivity contribution in [2.45, 2.75) is 13.3 Å². The van der Waals surface area contributed by atoms with Gasteiger partial charge in [0.25, 0.3) is 0 Å². The van der Waals surface area contributed by atoms with Crippen molar-refractivity contribution in [1.82, 2.24) is 4.98 Å². The summed E-state index contributed by atoms with van der Waals surface area (Å²) in [5.74, 6) is -0.977. The molecule has 7 heteroatoms. The number of thiazole rings is 1. The van der Waals surface area contributed by atoms with Crippen LogP contribution >= 0.6 is 11.3 Å². The molecule has 6 nitrogen and oxygen atoms in total. The highest BCUT2D eigenvalue weighted by atomic mass is 32.1. The van der Waals surface area contributed by atoms with Crippen molar-refractivity contribution in [3.63, 3.8) is 0 Å². The van der Waals surface area contributed by atoms with Crippen LogP contribution in [-0.2, 0) is 4.79 Å². The van der Waals surface area contributed by atoms with Crippen LogP contribution in [0.15, 0.2) is 5.38 Å². The van der Waals surface area contributed by atoms with Gasteiger partial charge in [-0.05, 0) is 6.92 Å². The third kappa shape index (κ3) is 3.21. The molecule has 3 N–H and O–H groups in total. The largest absolute Gasteiger partial charge is 0.481 e. The van der Waals surface area contributed by atoms with Crippen molar-refractivity contribution < 1.29 is 14.7 Å². The van der Waals surface area contributed by atoms with Gasteiger partial charge >= 0.3 is 12.0 Å². The highest BCUT2D eigenvalue weighted by molar-refractivity contribution is 7.14. The number of carboxylic acid groups (broad SMARTS) is 1. The first-order valence-electron chi connectivity index (χ1n) is 4.21. The summed E-state index contributed by atoms with van der Waals surface area (Å²) >= 11 is 1.26. The second kappa shape index (κ2) is 4.74. The molecule has 0 saturated carbocycles. The molecule has 2 amide bonds. The first kappa shape index (κ1) is 11.4. The number of carbonyl (C=O) groups excluding carboxylic acids is 1. The van der Waals surface area contributed by atoms with E-state index in [0.29, 0.717) is 5.13 Å². The van der Waals surface area contributed by atoms with Gasteiger partial charge in [-0.15, -0.1) is 11.3 Å². The standard InChI is InChI=1S/C8H11N3O3S/c1-5-4-15-8(10-5)11(7(9)14)3-2-6(12)13/h4H,2-3H2,1H3,(H2,9,14)(H,12,13). The number of nitrogens with zero attached hydrogens (tertiary/aromatic N) is 2. The highest BCUT2D eigenvalue weighted by Gasteiger charge is 2.16. The van der Waals surface area contributed by atoms with E-state index in [1.165, 1.54) is 11.3 Å². The van der Waals surface area contributed by atoms with Crippen LogP contribution in [0.2, 0.25) is 0 Å². The number of primary amides is 1.